The third-order valence-corrected chi connectivity index (χ3v) is 4.57. The molecule has 1 fully saturated rings. The summed E-state index contributed by atoms with van der Waals surface area (Å²) in [5, 5.41) is 10.7. The maximum absolute atomic E-state index is 12.5. The molecular weight excluding hydrogens is 340 g/mol. The molecule has 7 heteroatoms. The second-order valence-electron chi connectivity index (χ2n) is 6.66. The van der Waals surface area contributed by atoms with Gasteiger partial charge >= 0.3 is 6.03 Å². The minimum absolute atomic E-state index is 0.0895. The van der Waals surface area contributed by atoms with Crippen LogP contribution < -0.4 is 10.6 Å². The first-order valence-corrected chi connectivity index (χ1v) is 9.05. The lowest BCUT2D eigenvalue weighted by Gasteiger charge is -2.17. The van der Waals surface area contributed by atoms with Crippen LogP contribution in [0.25, 0.3) is 0 Å². The molecule has 3 aromatic rings. The van der Waals surface area contributed by atoms with Crippen molar-refractivity contribution < 1.29 is 4.79 Å². The molecule has 0 bridgehead atoms. The molecule has 0 aliphatic carbocycles. The molecule has 3 heterocycles. The molecule has 2 N–H and O–H groups in total. The molecule has 2 amide bonds. The van der Waals surface area contributed by atoms with Crippen molar-refractivity contribution in [3.8, 4) is 0 Å². The standard InChI is InChI=1S/C20H22N6O/c27-20(25-10-8-18(14-25)23-17-6-2-1-3-7-17)24-19-12-22-26(15-19)13-16-5-4-9-21-11-16/h1-7,9,11-12,15,18,23H,8,10,13-14H2,(H,24,27)/t18-/m0/s1. The number of carbonyl (C=O) groups is 1. The van der Waals surface area contributed by atoms with Gasteiger partial charge in [0.1, 0.15) is 0 Å². The Labute approximate surface area is 158 Å². The Bertz CT molecular complexity index is 880. The number of nitrogens with zero attached hydrogens (tertiary/aromatic N) is 4. The topological polar surface area (TPSA) is 75.1 Å². The molecule has 1 aliphatic heterocycles. The predicted octanol–water partition coefficient (Wildman–Crippen LogP) is 3.04. The summed E-state index contributed by atoms with van der Waals surface area (Å²) in [6, 6.07) is 14.2. The number of likely N-dealkylation sites (tertiary alicyclic amines) is 1. The second kappa shape index (κ2) is 7.90. The fraction of sp³-hybridized carbons (Fsp3) is 0.250. The Balaban J connectivity index is 1.29. The van der Waals surface area contributed by atoms with Gasteiger partial charge in [0.2, 0.25) is 0 Å². The highest BCUT2D eigenvalue weighted by Gasteiger charge is 2.26. The number of nitrogens with one attached hydrogen (secondary N) is 2. The van der Waals surface area contributed by atoms with Crippen LogP contribution in [0.5, 0.6) is 0 Å². The molecule has 0 saturated carbocycles. The summed E-state index contributed by atoms with van der Waals surface area (Å²) in [6.07, 6.45) is 7.99. The summed E-state index contributed by atoms with van der Waals surface area (Å²) < 4.78 is 1.79. The number of pyridine rings is 1. The molecule has 1 saturated heterocycles. The summed E-state index contributed by atoms with van der Waals surface area (Å²) in [5.41, 5.74) is 2.85. The second-order valence-corrected chi connectivity index (χ2v) is 6.66. The van der Waals surface area contributed by atoms with Gasteiger partial charge < -0.3 is 15.5 Å². The first kappa shape index (κ1) is 17.1. The number of aromatic nitrogens is 3. The zero-order valence-electron chi connectivity index (χ0n) is 15.0. The van der Waals surface area contributed by atoms with Gasteiger partial charge in [0.25, 0.3) is 0 Å². The number of anilines is 2. The Morgan fingerprint density at radius 1 is 1.11 bits per heavy atom. The van der Waals surface area contributed by atoms with E-state index in [0.717, 1.165) is 24.2 Å². The lowest BCUT2D eigenvalue weighted by atomic mass is 10.2. The van der Waals surface area contributed by atoms with Gasteiger partial charge in [-0.3, -0.25) is 9.67 Å². The van der Waals surface area contributed by atoms with Crippen molar-refractivity contribution in [2.75, 3.05) is 23.7 Å². The van der Waals surface area contributed by atoms with E-state index in [2.05, 4.69) is 20.7 Å². The molecule has 0 spiro atoms. The molecule has 1 aliphatic rings. The van der Waals surface area contributed by atoms with Crippen LogP contribution in [0.4, 0.5) is 16.2 Å². The first-order chi connectivity index (χ1) is 13.3. The molecule has 4 rings (SSSR count). The molecular formula is C20H22N6O. The molecule has 138 valence electrons. The fourth-order valence-corrected chi connectivity index (χ4v) is 3.23. The van der Waals surface area contributed by atoms with Gasteiger partial charge in [0.05, 0.1) is 18.4 Å². The summed E-state index contributed by atoms with van der Waals surface area (Å²) in [6.45, 7) is 2.04. The highest BCUT2D eigenvalue weighted by Crippen LogP contribution is 2.17. The SMILES string of the molecule is O=C(Nc1cnn(Cc2cccnc2)c1)N1CC[C@H](Nc2ccccc2)C1. The number of hydrogen-bond donors (Lipinski definition) is 2. The number of hydrogen-bond acceptors (Lipinski definition) is 4. The van der Waals surface area contributed by atoms with E-state index in [-0.39, 0.29) is 12.1 Å². The van der Waals surface area contributed by atoms with Crippen LogP contribution in [-0.4, -0.2) is 44.8 Å². The van der Waals surface area contributed by atoms with Gasteiger partial charge in [-0.1, -0.05) is 24.3 Å². The van der Waals surface area contributed by atoms with Gasteiger partial charge in [-0.15, -0.1) is 0 Å². The van der Waals surface area contributed by atoms with Crippen molar-refractivity contribution in [1.82, 2.24) is 19.7 Å². The van der Waals surface area contributed by atoms with Crippen molar-refractivity contribution in [2.24, 2.45) is 0 Å². The van der Waals surface area contributed by atoms with E-state index < -0.39 is 0 Å². The Morgan fingerprint density at radius 3 is 2.81 bits per heavy atom. The van der Waals surface area contributed by atoms with Crippen LogP contribution in [0.15, 0.2) is 67.3 Å². The third kappa shape index (κ3) is 4.44. The minimum atomic E-state index is -0.0895. The Kier molecular flexibility index (Phi) is 5.00. The highest BCUT2D eigenvalue weighted by atomic mass is 16.2. The zero-order valence-corrected chi connectivity index (χ0v) is 15.0. The normalized spacial score (nSPS) is 16.3. The van der Waals surface area contributed by atoms with Crippen molar-refractivity contribution >= 4 is 17.4 Å². The quantitative estimate of drug-likeness (QED) is 0.731. The average molecular weight is 362 g/mol. The first-order valence-electron chi connectivity index (χ1n) is 9.05. The Morgan fingerprint density at radius 2 is 2.00 bits per heavy atom. The molecule has 1 aromatic carbocycles. The Hall–Kier alpha value is -3.35. The smallest absolute Gasteiger partial charge is 0.322 e. The molecule has 27 heavy (non-hydrogen) atoms. The van der Waals surface area contributed by atoms with Gasteiger partial charge in [-0.25, -0.2) is 4.79 Å². The van der Waals surface area contributed by atoms with Crippen LogP contribution in [-0.2, 0) is 6.54 Å². The molecule has 1 atom stereocenters. The van der Waals surface area contributed by atoms with E-state index in [4.69, 9.17) is 0 Å². The van der Waals surface area contributed by atoms with E-state index in [9.17, 15) is 4.79 Å². The van der Waals surface area contributed by atoms with E-state index in [1.807, 2.05) is 59.8 Å². The van der Waals surface area contributed by atoms with Crippen LogP contribution in [0, 0.1) is 0 Å². The largest absolute Gasteiger partial charge is 0.380 e. The maximum atomic E-state index is 12.5. The fourth-order valence-electron chi connectivity index (χ4n) is 3.23. The van der Waals surface area contributed by atoms with E-state index in [1.165, 1.54) is 0 Å². The zero-order chi connectivity index (χ0) is 18.5. The number of amides is 2. The van der Waals surface area contributed by atoms with Crippen molar-refractivity contribution in [2.45, 2.75) is 19.0 Å². The molecule has 7 nitrogen and oxygen atoms in total. The van der Waals surface area contributed by atoms with Gasteiger partial charge in [-0.05, 0) is 30.2 Å². The van der Waals surface area contributed by atoms with E-state index in [1.54, 1.807) is 17.1 Å². The number of para-hydroxylation sites is 1. The lowest BCUT2D eigenvalue weighted by molar-refractivity contribution is 0.222. The number of rotatable bonds is 5. The maximum Gasteiger partial charge on any atom is 0.322 e. The van der Waals surface area contributed by atoms with Crippen LogP contribution in [0.2, 0.25) is 0 Å². The van der Waals surface area contributed by atoms with Crippen molar-refractivity contribution in [3.63, 3.8) is 0 Å². The summed E-state index contributed by atoms with van der Waals surface area (Å²) in [5.74, 6) is 0. The van der Waals surface area contributed by atoms with Crippen LogP contribution >= 0.6 is 0 Å². The number of carbonyl (C=O) groups excluding carboxylic acids is 1. The average Bonchev–Trinajstić information content (AvgIpc) is 3.33. The highest BCUT2D eigenvalue weighted by molar-refractivity contribution is 5.89. The molecule has 2 aromatic heterocycles. The minimum Gasteiger partial charge on any atom is -0.380 e. The van der Waals surface area contributed by atoms with E-state index >= 15 is 0 Å². The number of urea groups is 1. The lowest BCUT2D eigenvalue weighted by Crippen LogP contribution is -2.34. The summed E-state index contributed by atoms with van der Waals surface area (Å²) >= 11 is 0. The summed E-state index contributed by atoms with van der Waals surface area (Å²) in [7, 11) is 0. The van der Waals surface area contributed by atoms with Crippen LogP contribution in [0.1, 0.15) is 12.0 Å². The van der Waals surface area contributed by atoms with Gasteiger partial charge in [0, 0.05) is 43.4 Å². The summed E-state index contributed by atoms with van der Waals surface area (Å²) in [4.78, 5) is 18.5. The third-order valence-electron chi connectivity index (χ3n) is 4.57. The molecule has 0 unspecified atom stereocenters. The monoisotopic (exact) mass is 362 g/mol. The van der Waals surface area contributed by atoms with Crippen molar-refractivity contribution in [1.29, 1.82) is 0 Å². The molecule has 0 radical (unpaired) electrons. The number of benzene rings is 1. The van der Waals surface area contributed by atoms with Crippen LogP contribution in [0.3, 0.4) is 0 Å². The predicted molar refractivity (Wildman–Crippen MR) is 105 cm³/mol. The van der Waals surface area contributed by atoms with Crippen molar-refractivity contribution in [3.05, 3.63) is 72.8 Å². The van der Waals surface area contributed by atoms with Gasteiger partial charge in [0.15, 0.2) is 0 Å². The van der Waals surface area contributed by atoms with Gasteiger partial charge in [-0.2, -0.15) is 5.10 Å². The van der Waals surface area contributed by atoms with E-state index in [0.29, 0.717) is 18.8 Å².